The maximum absolute atomic E-state index is 13.0. The van der Waals surface area contributed by atoms with Crippen molar-refractivity contribution >= 4 is 40.1 Å². The van der Waals surface area contributed by atoms with Gasteiger partial charge in [-0.15, -0.1) is 0 Å². The average Bonchev–Trinajstić information content (AvgIpc) is 2.90. The molecule has 0 aromatic heterocycles. The number of rotatable bonds is 4. The number of carbonyl (C=O) groups excluding carboxylic acids is 2. The molecule has 1 N–H and O–H groups in total. The Labute approximate surface area is 163 Å². The van der Waals surface area contributed by atoms with E-state index in [1.807, 2.05) is 18.2 Å². The van der Waals surface area contributed by atoms with Gasteiger partial charge in [0, 0.05) is 13.5 Å². The van der Waals surface area contributed by atoms with E-state index in [0.29, 0.717) is 10.9 Å². The van der Waals surface area contributed by atoms with Gasteiger partial charge >= 0.3 is 6.18 Å². The zero-order valence-corrected chi connectivity index (χ0v) is 15.6. The van der Waals surface area contributed by atoms with Crippen molar-refractivity contribution in [3.63, 3.8) is 0 Å². The van der Waals surface area contributed by atoms with E-state index in [9.17, 15) is 22.8 Å². The van der Waals surface area contributed by atoms with Crippen molar-refractivity contribution in [2.24, 2.45) is 4.99 Å². The van der Waals surface area contributed by atoms with E-state index in [1.165, 1.54) is 23.1 Å². The fourth-order valence-electron chi connectivity index (χ4n) is 2.62. The predicted molar refractivity (Wildman–Crippen MR) is 102 cm³/mol. The highest BCUT2D eigenvalue weighted by atomic mass is 32.2. The molecule has 1 aliphatic rings. The summed E-state index contributed by atoms with van der Waals surface area (Å²) in [6, 6.07) is 13.7. The summed E-state index contributed by atoms with van der Waals surface area (Å²) in [5.74, 6) is -0.990. The molecule has 0 bridgehead atoms. The Morgan fingerprint density at radius 3 is 2.46 bits per heavy atom. The minimum Gasteiger partial charge on any atom is -0.325 e. The Bertz CT molecular complexity index is 916. The minimum absolute atomic E-state index is 0.256. The SMILES string of the molecule is CN1C(=O)[C@@H](CC(=O)Nc2ccccc2C(F)(F)F)SC1=Nc1ccccc1. The third kappa shape index (κ3) is 4.53. The molecule has 28 heavy (non-hydrogen) atoms. The number of halogens is 3. The van der Waals surface area contributed by atoms with Crippen LogP contribution in [0.3, 0.4) is 0 Å². The molecule has 2 amide bonds. The van der Waals surface area contributed by atoms with Crippen LogP contribution in [-0.2, 0) is 15.8 Å². The van der Waals surface area contributed by atoms with Crippen LogP contribution in [0.2, 0.25) is 0 Å². The van der Waals surface area contributed by atoms with Gasteiger partial charge < -0.3 is 5.32 Å². The van der Waals surface area contributed by atoms with Crippen LogP contribution in [-0.4, -0.2) is 34.2 Å². The summed E-state index contributed by atoms with van der Waals surface area (Å²) >= 11 is 1.11. The van der Waals surface area contributed by atoms with Crippen LogP contribution in [0.4, 0.5) is 24.5 Å². The monoisotopic (exact) mass is 407 g/mol. The zero-order valence-electron chi connectivity index (χ0n) is 14.7. The number of para-hydroxylation sites is 2. The molecule has 2 aromatic rings. The molecule has 1 atom stereocenters. The molecule has 146 valence electrons. The Morgan fingerprint density at radius 2 is 1.79 bits per heavy atom. The zero-order chi connectivity index (χ0) is 20.3. The Balaban J connectivity index is 1.70. The van der Waals surface area contributed by atoms with Crippen molar-refractivity contribution in [3.8, 4) is 0 Å². The molecule has 1 aliphatic heterocycles. The first-order chi connectivity index (χ1) is 13.3. The van der Waals surface area contributed by atoms with Gasteiger partial charge in [0.2, 0.25) is 11.8 Å². The van der Waals surface area contributed by atoms with Gasteiger partial charge in [-0.3, -0.25) is 14.5 Å². The highest BCUT2D eigenvalue weighted by Crippen LogP contribution is 2.35. The van der Waals surface area contributed by atoms with Crippen LogP contribution < -0.4 is 5.32 Å². The van der Waals surface area contributed by atoms with E-state index in [-0.39, 0.29) is 18.0 Å². The minimum atomic E-state index is -4.59. The standard InChI is InChI=1S/C19H16F3N3O2S/c1-25-17(27)15(28-18(25)23-12-7-3-2-4-8-12)11-16(26)24-14-10-6-5-9-13(14)19(20,21)22/h2-10,15H,11H2,1H3,(H,24,26)/t15-/m1/s1. The first-order valence-electron chi connectivity index (χ1n) is 8.30. The van der Waals surface area contributed by atoms with Gasteiger partial charge in [0.25, 0.3) is 0 Å². The lowest BCUT2D eigenvalue weighted by atomic mass is 10.1. The lowest BCUT2D eigenvalue weighted by molar-refractivity contribution is -0.137. The molecule has 2 aromatic carbocycles. The molecule has 1 fully saturated rings. The first-order valence-corrected chi connectivity index (χ1v) is 9.17. The maximum atomic E-state index is 13.0. The summed E-state index contributed by atoms with van der Waals surface area (Å²) < 4.78 is 39.1. The van der Waals surface area contributed by atoms with E-state index < -0.39 is 22.9 Å². The van der Waals surface area contributed by atoms with Crippen LogP contribution in [0.25, 0.3) is 0 Å². The van der Waals surface area contributed by atoms with Crippen molar-refractivity contribution in [1.29, 1.82) is 0 Å². The number of amidine groups is 1. The van der Waals surface area contributed by atoms with E-state index in [0.717, 1.165) is 17.8 Å². The molecule has 1 heterocycles. The second kappa shape index (κ2) is 8.05. The number of benzene rings is 2. The number of hydrogen-bond donors (Lipinski definition) is 1. The Hall–Kier alpha value is -2.81. The molecule has 3 rings (SSSR count). The van der Waals surface area contributed by atoms with Crippen LogP contribution in [0.15, 0.2) is 59.6 Å². The number of alkyl halides is 3. The Kier molecular flexibility index (Phi) is 5.73. The van der Waals surface area contributed by atoms with Crippen LogP contribution in [0.5, 0.6) is 0 Å². The third-order valence-corrected chi connectivity index (χ3v) is 5.23. The lowest BCUT2D eigenvalue weighted by Gasteiger charge is -2.14. The molecular weight excluding hydrogens is 391 g/mol. The fourth-order valence-corrected chi connectivity index (χ4v) is 3.77. The number of amides is 2. The van der Waals surface area contributed by atoms with Crippen molar-refractivity contribution in [3.05, 3.63) is 60.2 Å². The van der Waals surface area contributed by atoms with Gasteiger partial charge in [-0.2, -0.15) is 13.2 Å². The van der Waals surface area contributed by atoms with Gasteiger partial charge in [0.1, 0.15) is 5.25 Å². The number of nitrogens with zero attached hydrogens (tertiary/aromatic N) is 2. The smallest absolute Gasteiger partial charge is 0.325 e. The predicted octanol–water partition coefficient (Wildman–Crippen LogP) is 4.30. The average molecular weight is 407 g/mol. The van der Waals surface area contributed by atoms with Crippen molar-refractivity contribution in [2.75, 3.05) is 12.4 Å². The lowest BCUT2D eigenvalue weighted by Crippen LogP contribution is -2.30. The van der Waals surface area contributed by atoms with Crippen molar-refractivity contribution in [1.82, 2.24) is 4.90 Å². The maximum Gasteiger partial charge on any atom is 0.418 e. The number of thioether (sulfide) groups is 1. The van der Waals surface area contributed by atoms with E-state index >= 15 is 0 Å². The molecule has 0 unspecified atom stereocenters. The normalized spacial score (nSPS) is 18.6. The second-order valence-electron chi connectivity index (χ2n) is 6.03. The van der Waals surface area contributed by atoms with Gasteiger partial charge in [-0.05, 0) is 24.3 Å². The molecule has 9 heteroatoms. The topological polar surface area (TPSA) is 61.8 Å². The van der Waals surface area contributed by atoms with Gasteiger partial charge in [-0.1, -0.05) is 42.1 Å². The number of carbonyl (C=O) groups is 2. The van der Waals surface area contributed by atoms with Crippen LogP contribution in [0, 0.1) is 0 Å². The van der Waals surface area contributed by atoms with E-state index in [1.54, 1.807) is 19.2 Å². The summed E-state index contributed by atoms with van der Waals surface area (Å²) in [6.45, 7) is 0. The Morgan fingerprint density at radius 1 is 1.14 bits per heavy atom. The highest BCUT2D eigenvalue weighted by molar-refractivity contribution is 8.15. The molecule has 0 spiro atoms. The summed E-state index contributed by atoms with van der Waals surface area (Å²) in [5, 5.41) is 1.95. The number of aliphatic imine (C=N–C) groups is 1. The van der Waals surface area contributed by atoms with Crippen molar-refractivity contribution < 1.29 is 22.8 Å². The number of hydrogen-bond acceptors (Lipinski definition) is 4. The van der Waals surface area contributed by atoms with Crippen LogP contribution >= 0.6 is 11.8 Å². The quantitative estimate of drug-likeness (QED) is 0.822. The molecule has 1 saturated heterocycles. The summed E-state index contributed by atoms with van der Waals surface area (Å²) in [5.41, 5.74) is -0.604. The third-order valence-electron chi connectivity index (χ3n) is 4.00. The molecule has 0 radical (unpaired) electrons. The molecule has 5 nitrogen and oxygen atoms in total. The first kappa shape index (κ1) is 19.9. The van der Waals surface area contributed by atoms with Crippen molar-refractivity contribution in [2.45, 2.75) is 17.8 Å². The fraction of sp³-hybridized carbons (Fsp3) is 0.211. The van der Waals surface area contributed by atoms with Gasteiger partial charge in [0.05, 0.1) is 16.9 Å². The summed E-state index contributed by atoms with van der Waals surface area (Å²) in [4.78, 5) is 30.4. The molecule has 0 saturated carbocycles. The summed E-state index contributed by atoms with van der Waals surface area (Å²) in [7, 11) is 1.55. The number of anilines is 1. The van der Waals surface area contributed by atoms with Gasteiger partial charge in [0.15, 0.2) is 5.17 Å². The largest absolute Gasteiger partial charge is 0.418 e. The molecule has 0 aliphatic carbocycles. The summed E-state index contributed by atoms with van der Waals surface area (Å²) in [6.07, 6.45) is -4.84. The number of nitrogens with one attached hydrogen (secondary N) is 1. The highest BCUT2D eigenvalue weighted by Gasteiger charge is 2.38. The van der Waals surface area contributed by atoms with E-state index in [4.69, 9.17) is 0 Å². The van der Waals surface area contributed by atoms with Gasteiger partial charge in [-0.25, -0.2) is 4.99 Å². The second-order valence-corrected chi connectivity index (χ2v) is 7.20. The van der Waals surface area contributed by atoms with Crippen LogP contribution in [0.1, 0.15) is 12.0 Å². The van der Waals surface area contributed by atoms with E-state index in [2.05, 4.69) is 10.3 Å². The molecular formula is C19H16F3N3O2S.